The minimum Gasteiger partial charge on any atom is -0.480 e. The van der Waals surface area contributed by atoms with E-state index in [1.807, 2.05) is 0 Å². The molecule has 8 heteroatoms. The van der Waals surface area contributed by atoms with Crippen LogP contribution in [0.5, 0.6) is 0 Å². The lowest BCUT2D eigenvalue weighted by molar-refractivity contribution is -0.134. The van der Waals surface area contributed by atoms with Crippen molar-refractivity contribution in [2.75, 3.05) is 5.75 Å². The number of primary amides is 1. The second-order valence-electron chi connectivity index (χ2n) is 3.60. The molecule has 98 valence electrons. The summed E-state index contributed by atoms with van der Waals surface area (Å²) in [5, 5.41) is 8.39. The molecule has 1 aromatic rings. The summed E-state index contributed by atoms with van der Waals surface area (Å²) in [7, 11) is -3.99. The van der Waals surface area contributed by atoms with Crippen LogP contribution in [0.2, 0.25) is 0 Å². The van der Waals surface area contributed by atoms with Crippen LogP contribution in [-0.4, -0.2) is 31.2 Å². The monoisotopic (exact) mass is 275 g/mol. The van der Waals surface area contributed by atoms with Crippen molar-refractivity contribution >= 4 is 21.7 Å². The van der Waals surface area contributed by atoms with Crippen LogP contribution in [-0.2, 0) is 20.4 Å². The third kappa shape index (κ3) is 3.81. The molecule has 0 atom stereocenters. The molecule has 1 rings (SSSR count). The van der Waals surface area contributed by atoms with Crippen molar-refractivity contribution in [2.24, 2.45) is 5.73 Å². The SMILES string of the molecule is NC(=O)c1ccc(F)c(CS(=O)(=O)CC(=O)O)c1. The number of rotatable bonds is 5. The maximum absolute atomic E-state index is 13.3. The van der Waals surface area contributed by atoms with Gasteiger partial charge in [-0.2, -0.15) is 0 Å². The van der Waals surface area contributed by atoms with Gasteiger partial charge in [0, 0.05) is 11.1 Å². The highest BCUT2D eigenvalue weighted by Gasteiger charge is 2.19. The molecule has 0 saturated heterocycles. The van der Waals surface area contributed by atoms with Gasteiger partial charge in [0.2, 0.25) is 5.91 Å². The van der Waals surface area contributed by atoms with Gasteiger partial charge in [0.25, 0.3) is 0 Å². The molecule has 0 heterocycles. The number of hydrogen-bond acceptors (Lipinski definition) is 4. The number of carboxylic acid groups (broad SMARTS) is 1. The van der Waals surface area contributed by atoms with Crippen molar-refractivity contribution in [3.8, 4) is 0 Å². The van der Waals surface area contributed by atoms with Gasteiger partial charge in [-0.15, -0.1) is 0 Å². The van der Waals surface area contributed by atoms with Crippen molar-refractivity contribution in [2.45, 2.75) is 5.75 Å². The fraction of sp³-hybridized carbons (Fsp3) is 0.200. The Morgan fingerprint density at radius 3 is 2.44 bits per heavy atom. The predicted octanol–water partition coefficient (Wildman–Crippen LogP) is -0.0760. The van der Waals surface area contributed by atoms with E-state index in [1.165, 1.54) is 0 Å². The summed E-state index contributed by atoms with van der Waals surface area (Å²) in [4.78, 5) is 21.2. The molecule has 18 heavy (non-hydrogen) atoms. The standard InChI is InChI=1S/C10H10FNO5S/c11-8-2-1-6(10(12)15)3-7(8)4-18(16,17)5-9(13)14/h1-3H,4-5H2,(H2,12,15)(H,13,14). The zero-order valence-electron chi connectivity index (χ0n) is 9.09. The molecule has 0 aromatic heterocycles. The van der Waals surface area contributed by atoms with Crippen LogP contribution >= 0.6 is 0 Å². The van der Waals surface area contributed by atoms with Gasteiger partial charge in [-0.3, -0.25) is 9.59 Å². The van der Waals surface area contributed by atoms with Crippen molar-refractivity contribution in [3.63, 3.8) is 0 Å². The molecule has 0 fully saturated rings. The minimum absolute atomic E-state index is 0.0445. The number of nitrogens with two attached hydrogens (primary N) is 1. The molecule has 1 amide bonds. The quantitative estimate of drug-likeness (QED) is 0.780. The van der Waals surface area contributed by atoms with E-state index in [1.54, 1.807) is 0 Å². The Labute approximate surface area is 102 Å². The number of amides is 1. The normalized spacial score (nSPS) is 11.2. The van der Waals surface area contributed by atoms with Gasteiger partial charge in [-0.05, 0) is 18.2 Å². The number of sulfone groups is 1. The highest BCUT2D eigenvalue weighted by Crippen LogP contribution is 2.14. The van der Waals surface area contributed by atoms with Crippen molar-refractivity contribution < 1.29 is 27.5 Å². The number of carboxylic acids is 1. The number of carbonyl (C=O) groups is 2. The lowest BCUT2D eigenvalue weighted by Gasteiger charge is -2.05. The smallest absolute Gasteiger partial charge is 0.318 e. The van der Waals surface area contributed by atoms with E-state index in [4.69, 9.17) is 10.8 Å². The first-order valence-electron chi connectivity index (χ1n) is 4.72. The van der Waals surface area contributed by atoms with Gasteiger partial charge in [0.05, 0.1) is 5.75 Å². The minimum atomic E-state index is -3.99. The van der Waals surface area contributed by atoms with Gasteiger partial charge >= 0.3 is 5.97 Å². The largest absolute Gasteiger partial charge is 0.480 e. The lowest BCUT2D eigenvalue weighted by Crippen LogP contribution is -2.18. The first kappa shape index (κ1) is 14.1. The Bertz CT molecular complexity index is 596. The van der Waals surface area contributed by atoms with Crippen LogP contribution in [0.1, 0.15) is 15.9 Å². The first-order chi connectivity index (χ1) is 8.21. The number of halogens is 1. The summed E-state index contributed by atoms with van der Waals surface area (Å²) < 4.78 is 36.1. The van der Waals surface area contributed by atoms with Crippen molar-refractivity contribution in [1.82, 2.24) is 0 Å². The summed E-state index contributed by atoms with van der Waals surface area (Å²) in [6, 6.07) is 3.02. The Morgan fingerprint density at radius 2 is 1.94 bits per heavy atom. The Kier molecular flexibility index (Phi) is 4.02. The van der Waals surface area contributed by atoms with Crippen LogP contribution in [0.3, 0.4) is 0 Å². The molecule has 6 nitrogen and oxygen atoms in total. The summed E-state index contributed by atoms with van der Waals surface area (Å²) in [5.41, 5.74) is 4.64. The first-order valence-corrected chi connectivity index (χ1v) is 6.54. The van der Waals surface area contributed by atoms with E-state index in [0.717, 1.165) is 18.2 Å². The third-order valence-corrected chi connectivity index (χ3v) is 3.49. The molecule has 0 unspecified atom stereocenters. The van der Waals surface area contributed by atoms with Crippen LogP contribution in [0.25, 0.3) is 0 Å². The molecule has 3 N–H and O–H groups in total. The van der Waals surface area contributed by atoms with Gasteiger partial charge in [0.15, 0.2) is 9.84 Å². The molecule has 0 aliphatic heterocycles. The van der Waals surface area contributed by atoms with Crippen LogP contribution in [0, 0.1) is 5.82 Å². The van der Waals surface area contributed by atoms with E-state index >= 15 is 0 Å². The van der Waals surface area contributed by atoms with Gasteiger partial charge in [0.1, 0.15) is 11.6 Å². The van der Waals surface area contributed by atoms with Crippen LogP contribution in [0.15, 0.2) is 18.2 Å². The molecular formula is C10H10FNO5S. The number of aliphatic carboxylic acids is 1. The Balaban J connectivity index is 3.07. The van der Waals surface area contributed by atoms with E-state index in [0.29, 0.717) is 0 Å². The molecule has 0 radical (unpaired) electrons. The number of benzene rings is 1. The molecule has 0 spiro atoms. The average molecular weight is 275 g/mol. The molecule has 0 saturated carbocycles. The number of carbonyl (C=O) groups excluding carboxylic acids is 1. The second-order valence-corrected chi connectivity index (χ2v) is 5.66. The van der Waals surface area contributed by atoms with Gasteiger partial charge in [-0.1, -0.05) is 0 Å². The Hall–Kier alpha value is -1.96. The lowest BCUT2D eigenvalue weighted by atomic mass is 10.1. The zero-order valence-corrected chi connectivity index (χ0v) is 9.91. The predicted molar refractivity (Wildman–Crippen MR) is 60.0 cm³/mol. The molecular weight excluding hydrogens is 265 g/mol. The fourth-order valence-corrected chi connectivity index (χ4v) is 2.49. The van der Waals surface area contributed by atoms with Gasteiger partial charge in [-0.25, -0.2) is 12.8 Å². The maximum Gasteiger partial charge on any atom is 0.318 e. The van der Waals surface area contributed by atoms with E-state index in [-0.39, 0.29) is 11.1 Å². The fourth-order valence-electron chi connectivity index (χ4n) is 1.31. The van der Waals surface area contributed by atoms with E-state index in [9.17, 15) is 22.4 Å². The van der Waals surface area contributed by atoms with Crippen LogP contribution < -0.4 is 5.73 Å². The topological polar surface area (TPSA) is 115 Å². The van der Waals surface area contributed by atoms with E-state index < -0.39 is 39.0 Å². The molecule has 0 bridgehead atoms. The highest BCUT2D eigenvalue weighted by atomic mass is 32.2. The number of hydrogen-bond donors (Lipinski definition) is 2. The maximum atomic E-state index is 13.3. The average Bonchev–Trinajstić information content (AvgIpc) is 2.18. The Morgan fingerprint density at radius 1 is 1.33 bits per heavy atom. The second kappa shape index (κ2) is 5.13. The van der Waals surface area contributed by atoms with Crippen LogP contribution in [0.4, 0.5) is 4.39 Å². The van der Waals surface area contributed by atoms with Crippen molar-refractivity contribution in [1.29, 1.82) is 0 Å². The van der Waals surface area contributed by atoms with Crippen molar-refractivity contribution in [3.05, 3.63) is 35.1 Å². The summed E-state index contributed by atoms with van der Waals surface area (Å²) in [6.07, 6.45) is 0. The highest BCUT2D eigenvalue weighted by molar-refractivity contribution is 7.91. The third-order valence-electron chi connectivity index (χ3n) is 2.05. The summed E-state index contributed by atoms with van der Waals surface area (Å²) in [6.45, 7) is 0. The zero-order chi connectivity index (χ0) is 13.9. The van der Waals surface area contributed by atoms with Gasteiger partial charge < -0.3 is 10.8 Å². The molecule has 1 aromatic carbocycles. The van der Waals surface area contributed by atoms with E-state index in [2.05, 4.69) is 0 Å². The summed E-state index contributed by atoms with van der Waals surface area (Å²) >= 11 is 0. The molecule has 0 aliphatic rings. The molecule has 0 aliphatic carbocycles. The summed E-state index contributed by atoms with van der Waals surface area (Å²) in [5.74, 6) is -5.10.